The van der Waals surface area contributed by atoms with E-state index in [1.165, 1.54) is 0 Å². The maximum Gasteiger partial charge on any atom is 0.270 e. The maximum atomic E-state index is 11.5. The second kappa shape index (κ2) is 13.3. The molecule has 0 aliphatic carbocycles. The molecule has 45 heavy (non-hydrogen) atoms. The smallest absolute Gasteiger partial charge is 0.270 e. The standard InChI is InChI=1S/C37H47N4O4/c1-26(2)20-22-38-32-18-16-28(40(42)43)24-30(32)36(5,6)34(38)14-12-10-9-11-13-15-35-37(7,8)31-25-29(41(44)45)17-19-33(31)39(35)23-21-27(3)4/h9-19,24-27H,20-23H2,1-8H3/q+1. The number of hydrogen-bond donors (Lipinski definition) is 0. The molecule has 0 bridgehead atoms. The third-order valence-corrected chi connectivity index (χ3v) is 8.99. The van der Waals surface area contributed by atoms with Gasteiger partial charge in [-0.1, -0.05) is 71.9 Å². The van der Waals surface area contributed by atoms with Crippen LogP contribution in [0.15, 0.2) is 84.6 Å². The highest BCUT2D eigenvalue weighted by molar-refractivity contribution is 6.03. The Bertz CT molecular complexity index is 1620. The van der Waals surface area contributed by atoms with Crippen LogP contribution in [0.25, 0.3) is 0 Å². The molecule has 8 nitrogen and oxygen atoms in total. The van der Waals surface area contributed by atoms with Gasteiger partial charge in [0.05, 0.1) is 15.3 Å². The van der Waals surface area contributed by atoms with Gasteiger partial charge in [0.1, 0.15) is 6.54 Å². The Kier molecular flexibility index (Phi) is 9.95. The van der Waals surface area contributed by atoms with Crippen molar-refractivity contribution in [2.45, 2.75) is 79.1 Å². The van der Waals surface area contributed by atoms with Crippen molar-refractivity contribution in [2.24, 2.45) is 11.8 Å². The lowest BCUT2D eigenvalue weighted by Gasteiger charge is -2.27. The number of nitro benzene ring substituents is 2. The first-order valence-corrected chi connectivity index (χ1v) is 15.9. The third-order valence-electron chi connectivity index (χ3n) is 8.99. The Labute approximate surface area is 267 Å². The van der Waals surface area contributed by atoms with Crippen molar-refractivity contribution < 1.29 is 14.4 Å². The van der Waals surface area contributed by atoms with Crippen LogP contribution in [-0.4, -0.2) is 33.2 Å². The van der Waals surface area contributed by atoms with Crippen molar-refractivity contribution in [3.05, 3.63) is 116 Å². The van der Waals surface area contributed by atoms with E-state index in [1.54, 1.807) is 24.3 Å². The minimum absolute atomic E-state index is 0.115. The number of benzene rings is 2. The highest BCUT2D eigenvalue weighted by Gasteiger charge is 2.45. The van der Waals surface area contributed by atoms with Crippen molar-refractivity contribution >= 4 is 28.5 Å². The maximum absolute atomic E-state index is 11.5. The van der Waals surface area contributed by atoms with E-state index in [0.29, 0.717) is 11.8 Å². The topological polar surface area (TPSA) is 92.5 Å². The zero-order valence-electron chi connectivity index (χ0n) is 27.9. The molecule has 0 N–H and O–H groups in total. The lowest BCUT2D eigenvalue weighted by molar-refractivity contribution is -0.439. The number of anilines is 1. The summed E-state index contributed by atoms with van der Waals surface area (Å²) < 4.78 is 2.31. The molecule has 2 aliphatic heterocycles. The first-order chi connectivity index (χ1) is 21.2. The number of non-ortho nitro benzene ring substituents is 2. The van der Waals surface area contributed by atoms with E-state index in [0.717, 1.165) is 59.8 Å². The second-order valence-electron chi connectivity index (χ2n) is 13.9. The van der Waals surface area contributed by atoms with Gasteiger partial charge in [-0.2, -0.15) is 4.58 Å². The van der Waals surface area contributed by atoms with Crippen LogP contribution in [0.2, 0.25) is 0 Å². The van der Waals surface area contributed by atoms with E-state index >= 15 is 0 Å². The number of nitro groups is 2. The van der Waals surface area contributed by atoms with Crippen molar-refractivity contribution in [1.82, 2.24) is 0 Å². The Morgan fingerprint density at radius 1 is 0.778 bits per heavy atom. The van der Waals surface area contributed by atoms with Gasteiger partial charge in [-0.05, 0) is 49.8 Å². The summed E-state index contributed by atoms with van der Waals surface area (Å²) >= 11 is 0. The van der Waals surface area contributed by atoms with Crippen LogP contribution < -0.4 is 4.90 Å². The SMILES string of the molecule is CC(C)CCN1/C(=C/C=C/C=C/C=C/C2=[N+](CCC(C)C)c3ccc([N+](=O)[O-])cc3C2(C)C)C(C)(C)c2cc([N+](=O)[O-])ccc21. The van der Waals surface area contributed by atoms with Crippen LogP contribution in [0.5, 0.6) is 0 Å². The number of hydrogen-bond acceptors (Lipinski definition) is 5. The first-order valence-electron chi connectivity index (χ1n) is 15.9. The van der Waals surface area contributed by atoms with Crippen LogP contribution in [0.4, 0.5) is 22.7 Å². The van der Waals surface area contributed by atoms with E-state index < -0.39 is 0 Å². The summed E-state index contributed by atoms with van der Waals surface area (Å²) in [5.74, 6) is 1.07. The molecule has 0 saturated heterocycles. The quantitative estimate of drug-likeness (QED) is 0.103. The Morgan fingerprint density at radius 2 is 1.36 bits per heavy atom. The number of nitrogens with zero attached hydrogens (tertiary/aromatic N) is 4. The zero-order chi connectivity index (χ0) is 33.1. The van der Waals surface area contributed by atoms with Gasteiger partial charge in [0.2, 0.25) is 5.69 Å². The van der Waals surface area contributed by atoms with Gasteiger partial charge in [-0.15, -0.1) is 0 Å². The van der Waals surface area contributed by atoms with E-state index in [2.05, 4.69) is 77.0 Å². The van der Waals surface area contributed by atoms with Crippen molar-refractivity contribution in [3.63, 3.8) is 0 Å². The summed E-state index contributed by atoms with van der Waals surface area (Å²) in [6, 6.07) is 10.4. The van der Waals surface area contributed by atoms with Gasteiger partial charge in [0.15, 0.2) is 5.71 Å². The normalized spacial score (nSPS) is 18.0. The van der Waals surface area contributed by atoms with Crippen LogP contribution >= 0.6 is 0 Å². The molecule has 2 aliphatic rings. The molecule has 0 spiro atoms. The lowest BCUT2D eigenvalue weighted by Crippen LogP contribution is -2.28. The van der Waals surface area contributed by atoms with Crippen LogP contribution in [0, 0.1) is 32.1 Å². The molecule has 0 aromatic heterocycles. The number of rotatable bonds is 12. The fourth-order valence-corrected chi connectivity index (χ4v) is 6.30. The Morgan fingerprint density at radius 3 is 1.98 bits per heavy atom. The molecule has 0 unspecified atom stereocenters. The van der Waals surface area contributed by atoms with E-state index in [9.17, 15) is 20.2 Å². The van der Waals surface area contributed by atoms with Gasteiger partial charge in [0, 0.05) is 71.7 Å². The average Bonchev–Trinajstić information content (AvgIpc) is 3.31. The summed E-state index contributed by atoms with van der Waals surface area (Å²) in [5.41, 5.74) is 5.74. The van der Waals surface area contributed by atoms with Gasteiger partial charge in [-0.3, -0.25) is 20.2 Å². The largest absolute Gasteiger partial charge is 0.344 e. The van der Waals surface area contributed by atoms with Crippen molar-refractivity contribution in [1.29, 1.82) is 0 Å². The van der Waals surface area contributed by atoms with Crippen molar-refractivity contribution in [2.75, 3.05) is 18.0 Å². The van der Waals surface area contributed by atoms with E-state index in [4.69, 9.17) is 0 Å². The Balaban J connectivity index is 1.58. The lowest BCUT2D eigenvalue weighted by atomic mass is 9.81. The number of fused-ring (bicyclic) bond motifs is 2. The second-order valence-corrected chi connectivity index (χ2v) is 13.9. The summed E-state index contributed by atoms with van der Waals surface area (Å²) in [5, 5.41) is 23.0. The summed E-state index contributed by atoms with van der Waals surface area (Å²) in [7, 11) is 0. The third kappa shape index (κ3) is 7.00. The van der Waals surface area contributed by atoms with E-state index in [1.807, 2.05) is 42.5 Å². The monoisotopic (exact) mass is 611 g/mol. The highest BCUT2D eigenvalue weighted by Crippen LogP contribution is 2.49. The molecule has 0 radical (unpaired) electrons. The van der Waals surface area contributed by atoms with Crippen LogP contribution in [-0.2, 0) is 10.8 Å². The zero-order valence-corrected chi connectivity index (χ0v) is 27.9. The van der Waals surface area contributed by atoms with E-state index in [-0.39, 0.29) is 32.1 Å². The van der Waals surface area contributed by atoms with Gasteiger partial charge < -0.3 is 4.90 Å². The molecule has 0 amide bonds. The molecule has 238 valence electrons. The minimum atomic E-state index is -0.374. The molecule has 2 aromatic carbocycles. The molecule has 8 heteroatoms. The molecule has 0 atom stereocenters. The fourth-order valence-electron chi connectivity index (χ4n) is 6.30. The van der Waals surface area contributed by atoms with Crippen LogP contribution in [0.3, 0.4) is 0 Å². The predicted octanol–water partition coefficient (Wildman–Crippen LogP) is 9.32. The van der Waals surface area contributed by atoms with Crippen molar-refractivity contribution in [3.8, 4) is 0 Å². The summed E-state index contributed by atoms with van der Waals surface area (Å²) in [6.07, 6.45) is 16.3. The number of allylic oxidation sites excluding steroid dienone is 8. The minimum Gasteiger partial charge on any atom is -0.344 e. The highest BCUT2D eigenvalue weighted by atomic mass is 16.6. The van der Waals surface area contributed by atoms with Gasteiger partial charge in [-0.25, -0.2) is 0 Å². The predicted molar refractivity (Wildman–Crippen MR) is 184 cm³/mol. The molecule has 2 heterocycles. The molecular formula is C37H47N4O4+. The summed E-state index contributed by atoms with van der Waals surface area (Å²) in [6.45, 7) is 19.0. The molecule has 2 aromatic rings. The summed E-state index contributed by atoms with van der Waals surface area (Å²) in [4.78, 5) is 24.7. The Hall–Kier alpha value is -4.33. The molecule has 0 fully saturated rings. The molecule has 0 saturated carbocycles. The first kappa shape index (κ1) is 33.6. The molecular weight excluding hydrogens is 564 g/mol. The van der Waals surface area contributed by atoms with Crippen LogP contribution in [0.1, 0.15) is 79.4 Å². The van der Waals surface area contributed by atoms with Gasteiger partial charge in [0.25, 0.3) is 11.4 Å². The fraction of sp³-hybridized carbons (Fsp3) is 0.432. The molecule has 4 rings (SSSR count). The van der Waals surface area contributed by atoms with Gasteiger partial charge >= 0.3 is 0 Å². The average molecular weight is 612 g/mol.